The number of hydrogen-bond acceptors (Lipinski definition) is 5. The van der Waals surface area contributed by atoms with Crippen LogP contribution < -0.4 is 10.6 Å². The van der Waals surface area contributed by atoms with E-state index < -0.39 is 0 Å². The van der Waals surface area contributed by atoms with Crippen molar-refractivity contribution in [1.29, 1.82) is 0 Å². The lowest BCUT2D eigenvalue weighted by atomic mass is 10.3. The molecule has 0 aliphatic carbocycles. The van der Waals surface area contributed by atoms with E-state index in [0.29, 0.717) is 13.2 Å². The van der Waals surface area contributed by atoms with Crippen LogP contribution in [-0.4, -0.2) is 37.2 Å². The molecule has 6 heteroatoms. The van der Waals surface area contributed by atoms with Crippen LogP contribution in [0.1, 0.15) is 12.6 Å². The quantitative estimate of drug-likeness (QED) is 0.732. The number of carbonyl (C=O) groups excluding carboxylic acids is 1. The van der Waals surface area contributed by atoms with Crippen LogP contribution in [-0.2, 0) is 9.53 Å². The maximum atomic E-state index is 11.6. The standard InChI is InChI=1S/C10H17N3O2S/c1-7-6-16-10(12-7)13-8(2)9(14)11-4-5-15-3/h6,8H,4-5H2,1-3H3,(H,11,14)(H,12,13). The van der Waals surface area contributed by atoms with E-state index in [1.165, 1.54) is 11.3 Å². The van der Waals surface area contributed by atoms with Gasteiger partial charge in [-0.15, -0.1) is 11.3 Å². The molecule has 0 spiro atoms. The van der Waals surface area contributed by atoms with E-state index in [1.54, 1.807) is 14.0 Å². The maximum absolute atomic E-state index is 11.6. The average Bonchev–Trinajstić information content (AvgIpc) is 2.64. The van der Waals surface area contributed by atoms with E-state index in [9.17, 15) is 4.79 Å². The van der Waals surface area contributed by atoms with Crippen molar-refractivity contribution in [3.05, 3.63) is 11.1 Å². The molecule has 0 bridgehead atoms. The SMILES string of the molecule is COCCNC(=O)C(C)Nc1nc(C)cs1. The van der Waals surface area contributed by atoms with Crippen LogP contribution in [0.25, 0.3) is 0 Å². The molecule has 1 heterocycles. The average molecular weight is 243 g/mol. The van der Waals surface area contributed by atoms with Gasteiger partial charge in [0.2, 0.25) is 5.91 Å². The summed E-state index contributed by atoms with van der Waals surface area (Å²) in [5.41, 5.74) is 0.958. The van der Waals surface area contributed by atoms with Gasteiger partial charge in [-0.1, -0.05) is 0 Å². The lowest BCUT2D eigenvalue weighted by molar-refractivity contribution is -0.121. The molecule has 0 aromatic carbocycles. The first kappa shape index (κ1) is 12.9. The molecule has 2 N–H and O–H groups in total. The number of anilines is 1. The number of methoxy groups -OCH3 is 1. The Kier molecular flexibility index (Phi) is 5.21. The van der Waals surface area contributed by atoms with Gasteiger partial charge in [0, 0.05) is 19.0 Å². The Morgan fingerprint density at radius 1 is 1.69 bits per heavy atom. The molecular weight excluding hydrogens is 226 g/mol. The predicted molar refractivity (Wildman–Crippen MR) is 64.8 cm³/mol. The fraction of sp³-hybridized carbons (Fsp3) is 0.600. The Hall–Kier alpha value is -1.14. The summed E-state index contributed by atoms with van der Waals surface area (Å²) in [6.45, 7) is 4.77. The molecule has 0 saturated heterocycles. The maximum Gasteiger partial charge on any atom is 0.242 e. The van der Waals surface area contributed by atoms with E-state index in [0.717, 1.165) is 10.8 Å². The Labute approximate surface area is 99.2 Å². The molecule has 0 fully saturated rings. The third-order valence-corrected chi connectivity index (χ3v) is 2.85. The molecule has 0 aliphatic rings. The summed E-state index contributed by atoms with van der Waals surface area (Å²) in [5.74, 6) is -0.0510. The Morgan fingerprint density at radius 2 is 2.44 bits per heavy atom. The van der Waals surface area contributed by atoms with Crippen LogP contribution in [0.2, 0.25) is 0 Å². The lowest BCUT2D eigenvalue weighted by Crippen LogP contribution is -2.39. The molecule has 0 radical (unpaired) electrons. The van der Waals surface area contributed by atoms with E-state index in [2.05, 4.69) is 15.6 Å². The number of nitrogens with one attached hydrogen (secondary N) is 2. The fourth-order valence-electron chi connectivity index (χ4n) is 1.10. The molecule has 1 amide bonds. The Morgan fingerprint density at radius 3 is 3.00 bits per heavy atom. The number of nitrogens with zero attached hydrogens (tertiary/aromatic N) is 1. The van der Waals surface area contributed by atoms with E-state index in [-0.39, 0.29) is 11.9 Å². The molecule has 1 aromatic rings. The summed E-state index contributed by atoms with van der Waals surface area (Å²) in [6, 6.07) is -0.289. The molecule has 1 rings (SSSR count). The number of carbonyl (C=O) groups is 1. The third-order valence-electron chi connectivity index (χ3n) is 1.96. The second-order valence-electron chi connectivity index (χ2n) is 3.44. The molecule has 90 valence electrons. The molecule has 0 aliphatic heterocycles. The number of rotatable bonds is 6. The molecule has 16 heavy (non-hydrogen) atoms. The van der Waals surface area contributed by atoms with E-state index in [1.807, 2.05) is 12.3 Å². The molecule has 5 nitrogen and oxygen atoms in total. The zero-order chi connectivity index (χ0) is 12.0. The molecule has 1 atom stereocenters. The highest BCUT2D eigenvalue weighted by molar-refractivity contribution is 7.13. The van der Waals surface area contributed by atoms with Gasteiger partial charge >= 0.3 is 0 Å². The van der Waals surface area contributed by atoms with E-state index in [4.69, 9.17) is 4.74 Å². The smallest absolute Gasteiger partial charge is 0.242 e. The summed E-state index contributed by atoms with van der Waals surface area (Å²) >= 11 is 1.50. The number of hydrogen-bond donors (Lipinski definition) is 2. The molecule has 0 saturated carbocycles. The van der Waals surface area contributed by atoms with Crippen molar-refractivity contribution in [2.45, 2.75) is 19.9 Å². The number of aromatic nitrogens is 1. The monoisotopic (exact) mass is 243 g/mol. The minimum atomic E-state index is -0.289. The van der Waals surface area contributed by atoms with Gasteiger partial charge in [-0.05, 0) is 13.8 Å². The van der Waals surface area contributed by atoms with Crippen molar-refractivity contribution >= 4 is 22.4 Å². The van der Waals surface area contributed by atoms with Crippen molar-refractivity contribution in [2.75, 3.05) is 25.6 Å². The van der Waals surface area contributed by atoms with Crippen molar-refractivity contribution < 1.29 is 9.53 Å². The molecule has 1 aromatic heterocycles. The topological polar surface area (TPSA) is 63.2 Å². The zero-order valence-corrected chi connectivity index (χ0v) is 10.6. The van der Waals surface area contributed by atoms with Crippen LogP contribution >= 0.6 is 11.3 Å². The normalized spacial score (nSPS) is 12.2. The van der Waals surface area contributed by atoms with Gasteiger partial charge in [0.05, 0.1) is 12.3 Å². The predicted octanol–water partition coefficient (Wildman–Crippen LogP) is 1.01. The van der Waals surface area contributed by atoms with Gasteiger partial charge < -0.3 is 15.4 Å². The van der Waals surface area contributed by atoms with E-state index >= 15 is 0 Å². The Bertz CT molecular complexity index is 341. The van der Waals surface area contributed by atoms with Gasteiger partial charge in [0.25, 0.3) is 0 Å². The van der Waals surface area contributed by atoms with Crippen LogP contribution in [0.5, 0.6) is 0 Å². The largest absolute Gasteiger partial charge is 0.383 e. The third kappa shape index (κ3) is 4.16. The van der Waals surface area contributed by atoms with Crippen LogP contribution in [0.3, 0.4) is 0 Å². The number of thiazole rings is 1. The first-order valence-corrected chi connectivity index (χ1v) is 5.96. The van der Waals surface area contributed by atoms with Crippen molar-refractivity contribution in [3.63, 3.8) is 0 Å². The second-order valence-corrected chi connectivity index (χ2v) is 4.30. The fourth-order valence-corrected chi connectivity index (χ4v) is 1.88. The summed E-state index contributed by atoms with van der Waals surface area (Å²) in [5, 5.41) is 8.52. The number of amides is 1. The van der Waals surface area contributed by atoms with Crippen LogP contribution in [0, 0.1) is 6.92 Å². The number of aryl methyl sites for hydroxylation is 1. The van der Waals surface area contributed by atoms with Crippen molar-refractivity contribution in [3.8, 4) is 0 Å². The van der Waals surface area contributed by atoms with Crippen molar-refractivity contribution in [2.24, 2.45) is 0 Å². The first-order chi connectivity index (χ1) is 7.63. The van der Waals surface area contributed by atoms with Gasteiger partial charge in [0.1, 0.15) is 6.04 Å². The highest BCUT2D eigenvalue weighted by Gasteiger charge is 2.12. The van der Waals surface area contributed by atoms with Crippen LogP contribution in [0.15, 0.2) is 5.38 Å². The minimum absolute atomic E-state index is 0.0510. The van der Waals surface area contributed by atoms with Crippen LogP contribution in [0.4, 0.5) is 5.13 Å². The highest BCUT2D eigenvalue weighted by atomic mass is 32.1. The first-order valence-electron chi connectivity index (χ1n) is 5.09. The van der Waals surface area contributed by atoms with Gasteiger partial charge in [-0.25, -0.2) is 4.98 Å². The summed E-state index contributed by atoms with van der Waals surface area (Å²) in [4.78, 5) is 15.8. The minimum Gasteiger partial charge on any atom is -0.383 e. The summed E-state index contributed by atoms with van der Waals surface area (Å²) in [7, 11) is 1.60. The zero-order valence-electron chi connectivity index (χ0n) is 9.74. The lowest BCUT2D eigenvalue weighted by Gasteiger charge is -2.12. The van der Waals surface area contributed by atoms with Gasteiger partial charge in [0.15, 0.2) is 5.13 Å². The highest BCUT2D eigenvalue weighted by Crippen LogP contribution is 2.15. The molecule has 1 unspecified atom stereocenters. The Balaban J connectivity index is 2.34. The summed E-state index contributed by atoms with van der Waals surface area (Å²) in [6.07, 6.45) is 0. The van der Waals surface area contributed by atoms with Gasteiger partial charge in [-0.3, -0.25) is 4.79 Å². The summed E-state index contributed by atoms with van der Waals surface area (Å²) < 4.78 is 4.85. The second kappa shape index (κ2) is 6.44. The van der Waals surface area contributed by atoms with Crippen molar-refractivity contribution in [1.82, 2.24) is 10.3 Å². The molecular formula is C10H17N3O2S. The number of ether oxygens (including phenoxy) is 1. The van der Waals surface area contributed by atoms with Gasteiger partial charge in [-0.2, -0.15) is 0 Å².